The van der Waals surface area contributed by atoms with E-state index in [-0.39, 0.29) is 17.9 Å². The Morgan fingerprint density at radius 1 is 1.48 bits per heavy atom. The van der Waals surface area contributed by atoms with E-state index in [4.69, 9.17) is 9.47 Å². The molecule has 25 heavy (non-hydrogen) atoms. The fourth-order valence-corrected chi connectivity index (χ4v) is 2.42. The van der Waals surface area contributed by atoms with Gasteiger partial charge in [-0.3, -0.25) is 15.0 Å². The van der Waals surface area contributed by atoms with Crippen molar-refractivity contribution in [3.05, 3.63) is 28.3 Å². The van der Waals surface area contributed by atoms with Gasteiger partial charge in [-0.2, -0.15) is 0 Å². The fourth-order valence-electron chi connectivity index (χ4n) is 2.42. The summed E-state index contributed by atoms with van der Waals surface area (Å²) in [6.45, 7) is 3.19. The molecule has 0 aliphatic carbocycles. The Labute approximate surface area is 144 Å². The first-order valence-corrected chi connectivity index (χ1v) is 7.85. The van der Waals surface area contributed by atoms with Gasteiger partial charge in [0.15, 0.2) is 0 Å². The number of hydrogen-bond acceptors (Lipinski definition) is 7. The molecule has 0 aromatic heterocycles. The van der Waals surface area contributed by atoms with E-state index in [2.05, 4.69) is 10.6 Å². The third kappa shape index (κ3) is 5.85. The van der Waals surface area contributed by atoms with Crippen molar-refractivity contribution in [2.75, 3.05) is 51.8 Å². The lowest BCUT2D eigenvalue weighted by Gasteiger charge is -2.28. The first-order valence-electron chi connectivity index (χ1n) is 7.85. The molecule has 1 atom stereocenters. The number of nitrogens with zero attached hydrogens (tertiary/aromatic N) is 2. The number of nitro groups is 1. The van der Waals surface area contributed by atoms with E-state index in [1.807, 2.05) is 4.90 Å². The molecule has 1 fully saturated rings. The Morgan fingerprint density at radius 3 is 2.84 bits per heavy atom. The summed E-state index contributed by atoms with van der Waals surface area (Å²) in [4.78, 5) is 24.4. The van der Waals surface area contributed by atoms with E-state index >= 15 is 0 Å². The van der Waals surface area contributed by atoms with Gasteiger partial charge in [-0.25, -0.2) is 4.79 Å². The molecule has 1 saturated heterocycles. The predicted octanol–water partition coefficient (Wildman–Crippen LogP) is 0.418. The van der Waals surface area contributed by atoms with E-state index in [1.165, 1.54) is 25.3 Å². The van der Waals surface area contributed by atoms with Crippen LogP contribution in [0.4, 0.5) is 16.2 Å². The number of ether oxygens (including phenoxy) is 2. The number of urea groups is 1. The second kappa shape index (κ2) is 9.16. The monoisotopic (exact) mass is 354 g/mol. The number of rotatable bonds is 7. The number of β-amino-alcohol motifs (C(OH)–C–C–N with tert-alkyl or cyclic N) is 1. The Hall–Kier alpha value is -2.43. The van der Waals surface area contributed by atoms with Crippen molar-refractivity contribution in [1.29, 1.82) is 0 Å². The summed E-state index contributed by atoms with van der Waals surface area (Å²) in [5.74, 6) is 0.318. The summed E-state index contributed by atoms with van der Waals surface area (Å²) in [6, 6.07) is 3.49. The number of aliphatic hydroxyl groups excluding tert-OH is 1. The maximum absolute atomic E-state index is 11.9. The zero-order valence-electron chi connectivity index (χ0n) is 13.9. The number of anilines is 1. The van der Waals surface area contributed by atoms with Gasteiger partial charge in [-0.15, -0.1) is 0 Å². The molecule has 0 radical (unpaired) electrons. The average molecular weight is 354 g/mol. The molecular weight excluding hydrogens is 332 g/mol. The molecule has 1 aliphatic heterocycles. The highest BCUT2D eigenvalue weighted by Crippen LogP contribution is 2.28. The third-order valence-corrected chi connectivity index (χ3v) is 3.72. The van der Waals surface area contributed by atoms with Crippen LogP contribution in [0.3, 0.4) is 0 Å². The molecule has 2 rings (SSSR count). The largest absolute Gasteiger partial charge is 0.496 e. The number of carbonyl (C=O) groups excluding carboxylic acids is 1. The van der Waals surface area contributed by atoms with Crippen molar-refractivity contribution in [2.45, 2.75) is 6.10 Å². The normalized spacial score (nSPS) is 16.1. The van der Waals surface area contributed by atoms with Gasteiger partial charge in [0.05, 0.1) is 37.4 Å². The summed E-state index contributed by atoms with van der Waals surface area (Å²) in [7, 11) is 1.40. The molecule has 1 heterocycles. The molecule has 138 valence electrons. The number of morpholine rings is 1. The number of carbonyl (C=O) groups is 1. The van der Waals surface area contributed by atoms with E-state index in [9.17, 15) is 20.0 Å². The van der Waals surface area contributed by atoms with Crippen LogP contribution in [0.1, 0.15) is 0 Å². The number of amides is 2. The summed E-state index contributed by atoms with van der Waals surface area (Å²) in [5, 5.41) is 26.0. The lowest BCUT2D eigenvalue weighted by atomic mass is 10.2. The molecule has 0 spiro atoms. The van der Waals surface area contributed by atoms with Gasteiger partial charge in [0, 0.05) is 26.2 Å². The molecular formula is C15H22N4O6. The summed E-state index contributed by atoms with van der Waals surface area (Å²) in [5.41, 5.74) is -0.227. The number of nitro benzene ring substituents is 1. The minimum absolute atomic E-state index is 0.0349. The lowest BCUT2D eigenvalue weighted by molar-refractivity contribution is -0.384. The van der Waals surface area contributed by atoms with E-state index in [0.29, 0.717) is 25.5 Å². The van der Waals surface area contributed by atoms with Crippen LogP contribution in [0.2, 0.25) is 0 Å². The molecule has 1 aromatic carbocycles. The minimum Gasteiger partial charge on any atom is -0.496 e. The zero-order valence-corrected chi connectivity index (χ0v) is 13.9. The van der Waals surface area contributed by atoms with Crippen molar-refractivity contribution in [2.24, 2.45) is 0 Å². The Bertz CT molecular complexity index is 606. The number of methoxy groups -OCH3 is 1. The SMILES string of the molecule is COc1ccc(NC(=O)NCC(O)CN2CCOCC2)c([N+](=O)[O-])c1. The van der Waals surface area contributed by atoms with Crippen molar-refractivity contribution in [3.63, 3.8) is 0 Å². The Kier molecular flexibility index (Phi) is 6.92. The van der Waals surface area contributed by atoms with Gasteiger partial charge in [-0.1, -0.05) is 0 Å². The summed E-state index contributed by atoms with van der Waals surface area (Å²) >= 11 is 0. The summed E-state index contributed by atoms with van der Waals surface area (Å²) < 4.78 is 10.2. The first kappa shape index (κ1) is 18.9. The fraction of sp³-hybridized carbons (Fsp3) is 0.533. The van der Waals surface area contributed by atoms with Gasteiger partial charge >= 0.3 is 6.03 Å². The minimum atomic E-state index is -0.741. The average Bonchev–Trinajstić information content (AvgIpc) is 2.61. The molecule has 2 amide bonds. The first-order chi connectivity index (χ1) is 12.0. The third-order valence-electron chi connectivity index (χ3n) is 3.72. The highest BCUT2D eigenvalue weighted by atomic mass is 16.6. The predicted molar refractivity (Wildman–Crippen MR) is 89.9 cm³/mol. The van der Waals surface area contributed by atoms with Crippen LogP contribution in [-0.2, 0) is 4.74 Å². The van der Waals surface area contributed by atoms with Crippen molar-refractivity contribution in [1.82, 2.24) is 10.2 Å². The number of aliphatic hydroxyl groups is 1. The van der Waals surface area contributed by atoms with Crippen LogP contribution in [0.5, 0.6) is 5.75 Å². The van der Waals surface area contributed by atoms with E-state index in [1.54, 1.807) is 0 Å². The van der Waals surface area contributed by atoms with Crippen LogP contribution in [0.15, 0.2) is 18.2 Å². The smallest absolute Gasteiger partial charge is 0.319 e. The molecule has 1 unspecified atom stereocenters. The van der Waals surface area contributed by atoms with Crippen LogP contribution < -0.4 is 15.4 Å². The maximum Gasteiger partial charge on any atom is 0.319 e. The topological polar surface area (TPSA) is 126 Å². The van der Waals surface area contributed by atoms with Crippen molar-refractivity contribution < 1.29 is 24.3 Å². The van der Waals surface area contributed by atoms with Gasteiger partial charge in [-0.05, 0) is 12.1 Å². The van der Waals surface area contributed by atoms with E-state index in [0.717, 1.165) is 13.1 Å². The second-order valence-electron chi connectivity index (χ2n) is 5.54. The highest BCUT2D eigenvalue weighted by Gasteiger charge is 2.18. The molecule has 10 heteroatoms. The van der Waals surface area contributed by atoms with Crippen molar-refractivity contribution in [3.8, 4) is 5.75 Å². The van der Waals surface area contributed by atoms with Crippen LogP contribution in [-0.4, -0.2) is 73.6 Å². The molecule has 0 bridgehead atoms. The molecule has 1 aliphatic rings. The molecule has 1 aromatic rings. The summed E-state index contributed by atoms with van der Waals surface area (Å²) in [6.07, 6.45) is -0.741. The van der Waals surface area contributed by atoms with Crippen LogP contribution in [0, 0.1) is 10.1 Å². The van der Waals surface area contributed by atoms with Gasteiger partial charge < -0.3 is 25.2 Å². The molecule has 0 saturated carbocycles. The number of hydrogen-bond donors (Lipinski definition) is 3. The lowest BCUT2D eigenvalue weighted by Crippen LogP contribution is -2.45. The van der Waals surface area contributed by atoms with Crippen molar-refractivity contribution >= 4 is 17.4 Å². The maximum atomic E-state index is 11.9. The molecule has 10 nitrogen and oxygen atoms in total. The Morgan fingerprint density at radius 2 is 2.20 bits per heavy atom. The van der Waals surface area contributed by atoms with Crippen LogP contribution in [0.25, 0.3) is 0 Å². The Balaban J connectivity index is 1.84. The standard InChI is InChI=1S/C15H22N4O6/c1-24-12-2-3-13(14(8-12)19(22)23)17-15(21)16-9-11(20)10-18-4-6-25-7-5-18/h2-3,8,11,20H,4-7,9-10H2,1H3,(H2,16,17,21). The molecule has 3 N–H and O–H groups in total. The van der Waals surface area contributed by atoms with Gasteiger partial charge in [0.25, 0.3) is 5.69 Å². The van der Waals surface area contributed by atoms with Crippen LogP contribution >= 0.6 is 0 Å². The number of nitrogens with one attached hydrogen (secondary N) is 2. The van der Waals surface area contributed by atoms with Gasteiger partial charge in [0.2, 0.25) is 0 Å². The second-order valence-corrected chi connectivity index (χ2v) is 5.54. The van der Waals surface area contributed by atoms with Gasteiger partial charge in [0.1, 0.15) is 11.4 Å². The van der Waals surface area contributed by atoms with E-state index < -0.39 is 17.1 Å². The zero-order chi connectivity index (χ0) is 18.2. The highest BCUT2D eigenvalue weighted by molar-refractivity contribution is 5.92. The quantitative estimate of drug-likeness (QED) is 0.478. The number of benzene rings is 1.